The van der Waals surface area contributed by atoms with Gasteiger partial charge in [-0.05, 0) is 42.2 Å². The third kappa shape index (κ3) is 2.54. The molecule has 20 heavy (non-hydrogen) atoms. The summed E-state index contributed by atoms with van der Waals surface area (Å²) in [6.45, 7) is 2.32. The summed E-state index contributed by atoms with van der Waals surface area (Å²) in [7, 11) is 3.75. The molecule has 0 aliphatic carbocycles. The monoisotopic (exact) mass is 271 g/mol. The molecule has 1 aromatic carbocycles. The molecule has 0 saturated carbocycles. The Morgan fingerprint density at radius 1 is 1.10 bits per heavy atom. The molecule has 3 rings (SSSR count). The largest absolute Gasteiger partial charge is 0.403 e. The first-order valence-corrected chi connectivity index (χ1v) is 6.88. The third-order valence-electron chi connectivity index (χ3n) is 3.58. The van der Waals surface area contributed by atoms with Crippen LogP contribution in [0.15, 0.2) is 40.8 Å². The maximum Gasteiger partial charge on any atom is 0.403 e. The van der Waals surface area contributed by atoms with Crippen LogP contribution in [0.1, 0.15) is 12.8 Å². The van der Waals surface area contributed by atoms with Crippen molar-refractivity contribution >= 4 is 17.3 Å². The molecule has 1 fully saturated rings. The van der Waals surface area contributed by atoms with Crippen molar-refractivity contribution in [1.29, 1.82) is 0 Å². The van der Waals surface area contributed by atoms with Gasteiger partial charge in [0.05, 0.1) is 19.8 Å². The molecule has 0 spiro atoms. The molecule has 6 heteroatoms. The maximum atomic E-state index is 4.26. The average molecular weight is 271 g/mol. The van der Waals surface area contributed by atoms with Gasteiger partial charge in [-0.2, -0.15) is 0 Å². The van der Waals surface area contributed by atoms with E-state index in [2.05, 4.69) is 32.4 Å². The summed E-state index contributed by atoms with van der Waals surface area (Å²) in [5, 5.41) is 12.6. The number of benzene rings is 1. The van der Waals surface area contributed by atoms with Crippen molar-refractivity contribution in [2.45, 2.75) is 12.8 Å². The van der Waals surface area contributed by atoms with Crippen LogP contribution in [0.2, 0.25) is 0 Å². The lowest BCUT2D eigenvalue weighted by Gasteiger charge is -2.16. The molecule has 0 amide bonds. The highest BCUT2D eigenvalue weighted by molar-refractivity contribution is 5.53. The first-order valence-electron chi connectivity index (χ1n) is 6.88. The van der Waals surface area contributed by atoms with Crippen LogP contribution in [0.4, 0.5) is 17.3 Å². The van der Waals surface area contributed by atoms with Crippen molar-refractivity contribution in [3.63, 3.8) is 0 Å². The number of azo groups is 1. The molecule has 1 aliphatic heterocycles. The maximum absolute atomic E-state index is 4.26. The highest BCUT2D eigenvalue weighted by Gasteiger charge is 2.13. The number of anilines is 1. The molecule has 0 bridgehead atoms. The van der Waals surface area contributed by atoms with Gasteiger partial charge in [0.25, 0.3) is 0 Å². The van der Waals surface area contributed by atoms with Gasteiger partial charge in [0.15, 0.2) is 0 Å². The SMILES string of the molecule is Cn1nc[n+](C)c1/N=N/c1ccc(N2CCCC2)cc1. The highest BCUT2D eigenvalue weighted by Crippen LogP contribution is 2.23. The summed E-state index contributed by atoms with van der Waals surface area (Å²) >= 11 is 0. The van der Waals surface area contributed by atoms with E-state index < -0.39 is 0 Å². The fourth-order valence-corrected chi connectivity index (χ4v) is 2.43. The molecular formula is C14H19N6+. The predicted octanol–water partition coefficient (Wildman–Crippen LogP) is 2.26. The van der Waals surface area contributed by atoms with E-state index in [-0.39, 0.29) is 0 Å². The van der Waals surface area contributed by atoms with Crippen LogP contribution in [0.5, 0.6) is 0 Å². The van der Waals surface area contributed by atoms with Gasteiger partial charge < -0.3 is 4.90 Å². The number of aromatic nitrogens is 3. The van der Waals surface area contributed by atoms with Gasteiger partial charge in [0.2, 0.25) is 6.33 Å². The van der Waals surface area contributed by atoms with Gasteiger partial charge in [0.1, 0.15) is 0 Å². The minimum atomic E-state index is 0.716. The summed E-state index contributed by atoms with van der Waals surface area (Å²) in [4.78, 5) is 2.40. The van der Waals surface area contributed by atoms with Crippen LogP contribution >= 0.6 is 0 Å². The molecule has 104 valence electrons. The van der Waals surface area contributed by atoms with Crippen LogP contribution in [0.3, 0.4) is 0 Å². The Bertz CT molecular complexity index is 588. The molecule has 0 radical (unpaired) electrons. The molecule has 6 nitrogen and oxygen atoms in total. The summed E-state index contributed by atoms with van der Waals surface area (Å²) < 4.78 is 3.53. The van der Waals surface area contributed by atoms with Gasteiger partial charge in [0, 0.05) is 23.9 Å². The van der Waals surface area contributed by atoms with E-state index in [1.165, 1.54) is 18.5 Å². The second-order valence-corrected chi connectivity index (χ2v) is 5.08. The Morgan fingerprint density at radius 3 is 2.40 bits per heavy atom. The number of hydrogen-bond acceptors (Lipinski definition) is 4. The van der Waals surface area contributed by atoms with E-state index in [0.717, 1.165) is 18.8 Å². The minimum absolute atomic E-state index is 0.716. The zero-order valence-electron chi connectivity index (χ0n) is 11.9. The van der Waals surface area contributed by atoms with Crippen LogP contribution in [-0.4, -0.2) is 22.9 Å². The average Bonchev–Trinajstić information content (AvgIpc) is 3.09. The van der Waals surface area contributed by atoms with Crippen LogP contribution < -0.4 is 9.47 Å². The number of rotatable bonds is 3. The van der Waals surface area contributed by atoms with E-state index in [0.29, 0.717) is 5.95 Å². The quantitative estimate of drug-likeness (QED) is 0.635. The Balaban J connectivity index is 1.75. The second-order valence-electron chi connectivity index (χ2n) is 5.08. The van der Waals surface area contributed by atoms with E-state index in [4.69, 9.17) is 0 Å². The molecule has 2 heterocycles. The van der Waals surface area contributed by atoms with E-state index in [1.807, 2.05) is 30.8 Å². The van der Waals surface area contributed by atoms with E-state index in [9.17, 15) is 0 Å². The normalized spacial score (nSPS) is 15.4. The van der Waals surface area contributed by atoms with Crippen molar-refractivity contribution in [2.24, 2.45) is 24.3 Å². The Hall–Kier alpha value is -2.24. The lowest BCUT2D eigenvalue weighted by molar-refractivity contribution is -0.659. The zero-order chi connectivity index (χ0) is 13.9. The second kappa shape index (κ2) is 5.40. The van der Waals surface area contributed by atoms with Crippen LogP contribution in [0, 0.1) is 0 Å². The summed E-state index contributed by atoms with van der Waals surface area (Å²) in [5.41, 5.74) is 2.13. The fourth-order valence-electron chi connectivity index (χ4n) is 2.43. The van der Waals surface area contributed by atoms with E-state index >= 15 is 0 Å². The fraction of sp³-hybridized carbons (Fsp3) is 0.429. The first kappa shape index (κ1) is 12.8. The third-order valence-corrected chi connectivity index (χ3v) is 3.58. The van der Waals surface area contributed by atoms with Crippen molar-refractivity contribution in [1.82, 2.24) is 9.78 Å². The smallest absolute Gasteiger partial charge is 0.372 e. The first-order chi connectivity index (χ1) is 9.74. The number of nitrogens with zero attached hydrogens (tertiary/aromatic N) is 6. The lowest BCUT2D eigenvalue weighted by Crippen LogP contribution is -2.25. The van der Waals surface area contributed by atoms with Crippen molar-refractivity contribution < 1.29 is 4.57 Å². The number of hydrogen-bond donors (Lipinski definition) is 0. The highest BCUT2D eigenvalue weighted by atomic mass is 15.4. The van der Waals surface area contributed by atoms with E-state index in [1.54, 1.807) is 11.0 Å². The molecule has 0 unspecified atom stereocenters. The molecule has 0 N–H and O–H groups in total. The van der Waals surface area contributed by atoms with Crippen molar-refractivity contribution in [3.05, 3.63) is 30.6 Å². The summed E-state index contributed by atoms with van der Waals surface area (Å²) in [6.07, 6.45) is 4.29. The summed E-state index contributed by atoms with van der Waals surface area (Å²) in [6, 6.07) is 8.24. The van der Waals surface area contributed by atoms with Gasteiger partial charge >= 0.3 is 5.95 Å². The molecule has 1 aromatic heterocycles. The standard InChI is InChI=1S/C14H19N6/c1-18-11-15-19(2)14(18)17-16-12-5-7-13(8-6-12)20-9-3-4-10-20/h5-8,11H,3-4,9-10H2,1-2H3/q+1. The van der Waals surface area contributed by atoms with Crippen molar-refractivity contribution in [3.8, 4) is 0 Å². The molecule has 1 aliphatic rings. The van der Waals surface area contributed by atoms with Crippen LogP contribution in [0.25, 0.3) is 0 Å². The van der Waals surface area contributed by atoms with Gasteiger partial charge in [-0.25, -0.2) is 4.57 Å². The van der Waals surface area contributed by atoms with Gasteiger partial charge in [-0.15, -0.1) is 4.68 Å². The van der Waals surface area contributed by atoms with Gasteiger partial charge in [-0.1, -0.05) is 5.11 Å². The predicted molar refractivity (Wildman–Crippen MR) is 76.4 cm³/mol. The molecule has 0 atom stereocenters. The number of aryl methyl sites for hydroxylation is 2. The zero-order valence-corrected chi connectivity index (χ0v) is 11.9. The van der Waals surface area contributed by atoms with Gasteiger partial charge in [-0.3, -0.25) is 0 Å². The molecular weight excluding hydrogens is 252 g/mol. The molecule has 2 aromatic rings. The Labute approximate surface area is 118 Å². The topological polar surface area (TPSA) is 49.7 Å². The van der Waals surface area contributed by atoms with Crippen molar-refractivity contribution in [2.75, 3.05) is 18.0 Å². The Kier molecular flexibility index (Phi) is 3.45. The minimum Gasteiger partial charge on any atom is -0.372 e. The lowest BCUT2D eigenvalue weighted by atomic mass is 10.2. The Morgan fingerprint density at radius 2 is 1.80 bits per heavy atom. The van der Waals surface area contributed by atoms with Crippen LogP contribution in [-0.2, 0) is 14.1 Å². The molecule has 1 saturated heterocycles. The summed E-state index contributed by atoms with van der Waals surface area (Å²) in [5.74, 6) is 0.716.